The summed E-state index contributed by atoms with van der Waals surface area (Å²) in [6, 6.07) is 7.53. The maximum absolute atomic E-state index is 14.7. The number of hydrogen-bond donors (Lipinski definition) is 1. The number of likely N-dealkylation sites (tertiary alicyclic amines) is 1. The van der Waals surface area contributed by atoms with Crippen LogP contribution in [-0.2, 0) is 11.0 Å². The fraction of sp³-hybridized carbons (Fsp3) is 0.480. The van der Waals surface area contributed by atoms with Gasteiger partial charge in [0.05, 0.1) is 12.2 Å². The topological polar surface area (TPSA) is 58.6 Å². The maximum Gasteiger partial charge on any atom is 0.265 e. The second-order valence-electron chi connectivity index (χ2n) is 9.20. The van der Waals surface area contributed by atoms with E-state index in [4.69, 9.17) is 16.3 Å². The number of piperidine rings is 1. The predicted octanol–water partition coefficient (Wildman–Crippen LogP) is 5.37. The van der Waals surface area contributed by atoms with E-state index in [-0.39, 0.29) is 23.3 Å². The molecule has 2 fully saturated rings. The highest BCUT2D eigenvalue weighted by molar-refractivity contribution is 7.82. The molecule has 0 radical (unpaired) electrons. The van der Waals surface area contributed by atoms with Crippen LogP contribution in [0.15, 0.2) is 30.3 Å². The minimum atomic E-state index is -1.57. The summed E-state index contributed by atoms with van der Waals surface area (Å²) in [5.41, 5.74) is 1.59. The number of carbonyl (C=O) groups excluding carboxylic acids is 1. The van der Waals surface area contributed by atoms with Gasteiger partial charge in [-0.15, -0.1) is 0 Å². The molecule has 2 unspecified atom stereocenters. The number of halogens is 3. The third kappa shape index (κ3) is 6.15. The van der Waals surface area contributed by atoms with E-state index in [9.17, 15) is 17.8 Å². The molecule has 184 valence electrons. The van der Waals surface area contributed by atoms with Crippen molar-refractivity contribution >= 4 is 28.5 Å². The molecule has 1 heterocycles. The summed E-state index contributed by atoms with van der Waals surface area (Å²) in [5.74, 6) is -0.634. The molecule has 0 spiro atoms. The Labute approximate surface area is 206 Å². The highest BCUT2D eigenvalue weighted by Gasteiger charge is 2.30. The molecule has 1 amide bonds. The average Bonchev–Trinajstić information content (AvgIpc) is 3.61. The molecule has 0 bridgehead atoms. The summed E-state index contributed by atoms with van der Waals surface area (Å²) < 4.78 is 48.0. The summed E-state index contributed by atoms with van der Waals surface area (Å²) in [6.07, 6.45) is 5.11. The molecular formula is C25H29ClF2N2O3S. The molecule has 2 atom stereocenters. The molecule has 1 saturated heterocycles. The fourth-order valence-corrected chi connectivity index (χ4v) is 5.11. The van der Waals surface area contributed by atoms with Crippen LogP contribution in [0.3, 0.4) is 0 Å². The number of carbonyl (C=O) groups is 1. The van der Waals surface area contributed by atoms with Gasteiger partial charge in [0.15, 0.2) is 0 Å². The minimum absolute atomic E-state index is 0.0572. The van der Waals surface area contributed by atoms with Crippen molar-refractivity contribution in [2.45, 2.75) is 44.6 Å². The van der Waals surface area contributed by atoms with Crippen LogP contribution in [0.5, 0.6) is 5.75 Å². The highest BCUT2D eigenvalue weighted by atomic mass is 35.5. The molecule has 1 aliphatic heterocycles. The molecule has 2 aromatic carbocycles. The Morgan fingerprint density at radius 3 is 2.50 bits per heavy atom. The molecule has 0 aromatic heterocycles. The summed E-state index contributed by atoms with van der Waals surface area (Å²) in [4.78, 5) is 14.5. The zero-order chi connectivity index (χ0) is 24.4. The summed E-state index contributed by atoms with van der Waals surface area (Å²) in [7, 11) is -1.57. The van der Waals surface area contributed by atoms with Crippen molar-refractivity contribution in [1.29, 1.82) is 0 Å². The quantitative estimate of drug-likeness (QED) is 0.518. The van der Waals surface area contributed by atoms with Gasteiger partial charge in [-0.25, -0.2) is 13.0 Å². The second kappa shape index (κ2) is 10.7. The maximum atomic E-state index is 14.7. The molecular weight excluding hydrogens is 482 g/mol. The third-order valence-corrected chi connectivity index (χ3v) is 7.33. The van der Waals surface area contributed by atoms with E-state index < -0.39 is 22.7 Å². The van der Waals surface area contributed by atoms with E-state index in [1.54, 1.807) is 12.1 Å². The Balaban J connectivity index is 1.36. The van der Waals surface area contributed by atoms with E-state index in [1.807, 2.05) is 0 Å². The van der Waals surface area contributed by atoms with E-state index in [1.165, 1.54) is 24.5 Å². The standard InChI is InChI=1S/C25H29ClF2N2O3S/c1-15(18-9-19(26)11-20(27)10-18)30-7-5-16(6-8-30)14-33-24-13-23(28)22(25(31)29-34(2)32)12-21(24)17-3-4-17/h9-13,15-17H,3-8,14H2,1-2H3,(H,29,31). The van der Waals surface area contributed by atoms with Crippen molar-refractivity contribution in [2.75, 3.05) is 26.0 Å². The van der Waals surface area contributed by atoms with E-state index >= 15 is 0 Å². The highest BCUT2D eigenvalue weighted by Crippen LogP contribution is 2.45. The van der Waals surface area contributed by atoms with Crippen molar-refractivity contribution in [3.05, 3.63) is 63.7 Å². The first-order valence-corrected chi connectivity index (χ1v) is 13.5. The Kier molecular flexibility index (Phi) is 7.90. The van der Waals surface area contributed by atoms with E-state index in [0.29, 0.717) is 23.3 Å². The van der Waals surface area contributed by atoms with E-state index in [2.05, 4.69) is 16.5 Å². The number of nitrogens with zero attached hydrogens (tertiary/aromatic N) is 1. The Hall–Kier alpha value is -2.03. The zero-order valence-electron chi connectivity index (χ0n) is 19.3. The lowest BCUT2D eigenvalue weighted by Gasteiger charge is -2.36. The lowest BCUT2D eigenvalue weighted by molar-refractivity contribution is 0.0978. The minimum Gasteiger partial charge on any atom is -0.493 e. The third-order valence-electron chi connectivity index (χ3n) is 6.64. The van der Waals surface area contributed by atoms with Gasteiger partial charge in [0.25, 0.3) is 5.91 Å². The summed E-state index contributed by atoms with van der Waals surface area (Å²) in [5, 5.41) is 0.398. The molecule has 1 saturated carbocycles. The number of amides is 1. The van der Waals surface area contributed by atoms with Gasteiger partial charge in [-0.1, -0.05) is 11.6 Å². The number of rotatable bonds is 8. The molecule has 9 heteroatoms. The lowest BCUT2D eigenvalue weighted by Crippen LogP contribution is -2.37. The van der Waals surface area contributed by atoms with E-state index in [0.717, 1.165) is 49.9 Å². The molecule has 2 aliphatic rings. The van der Waals surface area contributed by atoms with Crippen LogP contribution < -0.4 is 9.46 Å². The van der Waals surface area contributed by atoms with Gasteiger partial charge in [0.2, 0.25) is 0 Å². The van der Waals surface area contributed by atoms with Crippen LogP contribution in [0.1, 0.15) is 66.1 Å². The van der Waals surface area contributed by atoms with Crippen LogP contribution in [0.25, 0.3) is 0 Å². The largest absolute Gasteiger partial charge is 0.493 e. The first-order chi connectivity index (χ1) is 16.2. The molecule has 5 nitrogen and oxygen atoms in total. The summed E-state index contributed by atoms with van der Waals surface area (Å²) >= 11 is 6.02. The van der Waals surface area contributed by atoms with Gasteiger partial charge < -0.3 is 4.74 Å². The second-order valence-corrected chi connectivity index (χ2v) is 10.7. The molecule has 1 aliphatic carbocycles. The monoisotopic (exact) mass is 510 g/mol. The SMILES string of the molecule is CC(c1cc(F)cc(Cl)c1)N1CCC(COc2cc(F)c(C(=O)NS(C)=O)cc2C2CC2)CC1. The Morgan fingerprint density at radius 1 is 1.18 bits per heavy atom. The van der Waals surface area contributed by atoms with Gasteiger partial charge in [0.1, 0.15) is 28.4 Å². The Morgan fingerprint density at radius 2 is 1.88 bits per heavy atom. The molecule has 34 heavy (non-hydrogen) atoms. The Bertz CT molecular complexity index is 1070. The van der Waals surface area contributed by atoms with Crippen LogP contribution in [0.4, 0.5) is 8.78 Å². The number of benzene rings is 2. The van der Waals surface area contributed by atoms with Gasteiger partial charge in [0, 0.05) is 23.4 Å². The van der Waals surface area contributed by atoms with Crippen molar-refractivity contribution in [3.63, 3.8) is 0 Å². The van der Waals surface area contributed by atoms with Crippen LogP contribution >= 0.6 is 11.6 Å². The molecule has 2 aromatic rings. The molecule has 1 N–H and O–H groups in total. The van der Waals surface area contributed by atoms with Gasteiger partial charge in [-0.3, -0.25) is 14.4 Å². The first kappa shape index (κ1) is 25.1. The van der Waals surface area contributed by atoms with Gasteiger partial charge >= 0.3 is 0 Å². The zero-order valence-corrected chi connectivity index (χ0v) is 20.9. The van der Waals surface area contributed by atoms with Gasteiger partial charge in [-0.05, 0) is 92.9 Å². The first-order valence-electron chi connectivity index (χ1n) is 11.5. The predicted molar refractivity (Wildman–Crippen MR) is 130 cm³/mol. The number of ether oxygens (including phenoxy) is 1. The van der Waals surface area contributed by atoms with Crippen molar-refractivity contribution in [1.82, 2.24) is 9.62 Å². The van der Waals surface area contributed by atoms with Crippen LogP contribution in [0.2, 0.25) is 5.02 Å². The number of hydrogen-bond acceptors (Lipinski definition) is 4. The van der Waals surface area contributed by atoms with Gasteiger partial charge in [-0.2, -0.15) is 0 Å². The van der Waals surface area contributed by atoms with Crippen molar-refractivity contribution in [3.8, 4) is 5.75 Å². The lowest BCUT2D eigenvalue weighted by atomic mass is 9.95. The normalized spacial score (nSPS) is 19.0. The summed E-state index contributed by atoms with van der Waals surface area (Å²) in [6.45, 7) is 4.22. The van der Waals surface area contributed by atoms with Crippen molar-refractivity contribution in [2.24, 2.45) is 5.92 Å². The average molecular weight is 511 g/mol. The van der Waals surface area contributed by atoms with Crippen LogP contribution in [0, 0.1) is 17.6 Å². The number of nitrogens with one attached hydrogen (secondary N) is 1. The smallest absolute Gasteiger partial charge is 0.265 e. The van der Waals surface area contributed by atoms with Crippen molar-refractivity contribution < 1.29 is 22.5 Å². The fourth-order valence-electron chi connectivity index (χ4n) is 4.51. The van der Waals surface area contributed by atoms with Crippen LogP contribution in [-0.4, -0.2) is 41.0 Å². The molecule has 4 rings (SSSR count).